The van der Waals surface area contributed by atoms with Gasteiger partial charge in [0.25, 0.3) is 11.8 Å². The SMILES string of the molecule is Cc1cc(C)c(N2C(=O)NC(=O)/C(=C\c3ccc(C(=O)[O-])cc3)C2=O)c(C)c1. The summed E-state index contributed by atoms with van der Waals surface area (Å²) in [6, 6.07) is 8.40. The van der Waals surface area contributed by atoms with Crippen molar-refractivity contribution in [2.45, 2.75) is 20.8 Å². The van der Waals surface area contributed by atoms with Crippen LogP contribution in [0, 0.1) is 20.8 Å². The summed E-state index contributed by atoms with van der Waals surface area (Å²) in [5, 5.41) is 13.0. The third kappa shape index (κ3) is 3.42. The highest BCUT2D eigenvalue weighted by molar-refractivity contribution is 6.39. The van der Waals surface area contributed by atoms with E-state index in [0.717, 1.165) is 21.6 Å². The van der Waals surface area contributed by atoms with E-state index in [2.05, 4.69) is 5.32 Å². The summed E-state index contributed by atoms with van der Waals surface area (Å²) >= 11 is 0. The average molecular weight is 377 g/mol. The standard InChI is InChI=1S/C21H18N2O5/c1-11-8-12(2)17(13(3)9-11)23-19(25)16(18(24)22-21(23)28)10-14-4-6-15(7-5-14)20(26)27/h4-10H,1-3H3,(H,26,27)(H,22,24,28)/p-1/b16-10+. The van der Waals surface area contributed by atoms with Gasteiger partial charge in [0.2, 0.25) is 0 Å². The summed E-state index contributed by atoms with van der Waals surface area (Å²) in [6.45, 7) is 5.48. The van der Waals surface area contributed by atoms with Crippen molar-refractivity contribution < 1.29 is 24.3 Å². The maximum absolute atomic E-state index is 13.0. The van der Waals surface area contributed by atoms with Crippen LogP contribution in [0.15, 0.2) is 42.0 Å². The number of carbonyl (C=O) groups excluding carboxylic acids is 4. The summed E-state index contributed by atoms with van der Waals surface area (Å²) in [4.78, 5) is 49.4. The van der Waals surface area contributed by atoms with Crippen molar-refractivity contribution in [3.8, 4) is 0 Å². The van der Waals surface area contributed by atoms with Gasteiger partial charge in [-0.1, -0.05) is 42.0 Å². The van der Waals surface area contributed by atoms with Gasteiger partial charge in [0, 0.05) is 0 Å². The second-order valence-corrected chi connectivity index (χ2v) is 6.61. The Morgan fingerprint density at radius 3 is 2.11 bits per heavy atom. The number of barbiturate groups is 1. The van der Waals surface area contributed by atoms with E-state index in [1.165, 1.54) is 30.3 Å². The molecule has 1 aliphatic rings. The van der Waals surface area contributed by atoms with Gasteiger partial charge in [-0.2, -0.15) is 0 Å². The Hall–Kier alpha value is -3.74. The molecule has 1 N–H and O–H groups in total. The number of benzene rings is 2. The van der Waals surface area contributed by atoms with Gasteiger partial charge in [-0.3, -0.25) is 14.9 Å². The zero-order chi connectivity index (χ0) is 20.6. The van der Waals surface area contributed by atoms with Crippen LogP contribution in [-0.2, 0) is 9.59 Å². The predicted octanol–water partition coefficient (Wildman–Crippen LogP) is 1.64. The molecule has 1 aliphatic heterocycles. The van der Waals surface area contributed by atoms with Crippen LogP contribution in [0.2, 0.25) is 0 Å². The number of carboxylic acid groups (broad SMARTS) is 1. The van der Waals surface area contributed by atoms with Crippen molar-refractivity contribution >= 4 is 35.6 Å². The molecule has 1 heterocycles. The first kappa shape index (κ1) is 19.0. The number of imide groups is 2. The minimum Gasteiger partial charge on any atom is -0.545 e. The number of amides is 4. The zero-order valence-electron chi connectivity index (χ0n) is 15.5. The van der Waals surface area contributed by atoms with Crippen molar-refractivity contribution in [3.63, 3.8) is 0 Å². The predicted molar refractivity (Wildman–Crippen MR) is 100 cm³/mol. The van der Waals surface area contributed by atoms with Gasteiger partial charge in [-0.15, -0.1) is 0 Å². The monoisotopic (exact) mass is 377 g/mol. The number of nitrogens with one attached hydrogen (secondary N) is 1. The van der Waals surface area contributed by atoms with Gasteiger partial charge >= 0.3 is 6.03 Å². The molecule has 0 aliphatic carbocycles. The van der Waals surface area contributed by atoms with Gasteiger partial charge in [0.15, 0.2) is 0 Å². The molecule has 0 radical (unpaired) electrons. The first-order valence-corrected chi connectivity index (χ1v) is 8.49. The number of nitrogens with zero attached hydrogens (tertiary/aromatic N) is 1. The Morgan fingerprint density at radius 1 is 1.00 bits per heavy atom. The second kappa shape index (κ2) is 7.11. The molecule has 2 aromatic rings. The smallest absolute Gasteiger partial charge is 0.335 e. The van der Waals surface area contributed by atoms with Crippen LogP contribution in [0.4, 0.5) is 10.5 Å². The van der Waals surface area contributed by atoms with Crippen molar-refractivity contribution in [1.82, 2.24) is 5.32 Å². The molecule has 2 aromatic carbocycles. The Balaban J connectivity index is 2.04. The fourth-order valence-corrected chi connectivity index (χ4v) is 3.27. The molecule has 4 amide bonds. The lowest BCUT2D eigenvalue weighted by atomic mass is 10.0. The van der Waals surface area contributed by atoms with E-state index in [9.17, 15) is 24.3 Å². The second-order valence-electron chi connectivity index (χ2n) is 6.61. The third-order valence-corrected chi connectivity index (χ3v) is 4.42. The van der Waals surface area contributed by atoms with Crippen molar-refractivity contribution in [1.29, 1.82) is 0 Å². The Morgan fingerprint density at radius 2 is 1.57 bits per heavy atom. The lowest BCUT2D eigenvalue weighted by Gasteiger charge is -2.29. The molecule has 0 atom stereocenters. The number of aryl methyl sites for hydroxylation is 3. The molecule has 0 unspecified atom stereocenters. The number of hydrogen-bond acceptors (Lipinski definition) is 5. The van der Waals surface area contributed by atoms with Crippen LogP contribution in [-0.4, -0.2) is 23.8 Å². The summed E-state index contributed by atoms with van der Waals surface area (Å²) in [6.07, 6.45) is 1.31. The van der Waals surface area contributed by atoms with Gasteiger partial charge in [-0.25, -0.2) is 9.69 Å². The van der Waals surface area contributed by atoms with Gasteiger partial charge in [-0.05, 0) is 49.1 Å². The number of hydrogen-bond donors (Lipinski definition) is 1. The van der Waals surface area contributed by atoms with E-state index in [0.29, 0.717) is 11.3 Å². The molecule has 1 fully saturated rings. The molecular formula is C21H17N2O5-. The molecule has 0 saturated carbocycles. The molecule has 3 rings (SSSR count). The fraction of sp³-hybridized carbons (Fsp3) is 0.143. The normalized spacial score (nSPS) is 15.8. The molecule has 0 spiro atoms. The van der Waals surface area contributed by atoms with E-state index < -0.39 is 23.8 Å². The highest BCUT2D eigenvalue weighted by Crippen LogP contribution is 2.29. The molecular weight excluding hydrogens is 360 g/mol. The first-order chi connectivity index (χ1) is 13.2. The van der Waals surface area contributed by atoms with E-state index in [4.69, 9.17) is 0 Å². The lowest BCUT2D eigenvalue weighted by molar-refractivity contribution is -0.255. The van der Waals surface area contributed by atoms with Crippen molar-refractivity contribution in [2.24, 2.45) is 0 Å². The highest BCUT2D eigenvalue weighted by atomic mass is 16.4. The van der Waals surface area contributed by atoms with E-state index >= 15 is 0 Å². The zero-order valence-corrected chi connectivity index (χ0v) is 15.5. The quantitative estimate of drug-likeness (QED) is 0.646. The van der Waals surface area contributed by atoms with Crippen LogP contribution >= 0.6 is 0 Å². The van der Waals surface area contributed by atoms with Gasteiger partial charge in [0.05, 0.1) is 11.7 Å². The molecule has 0 bridgehead atoms. The Labute approximate surface area is 161 Å². The topological polar surface area (TPSA) is 107 Å². The van der Waals surface area contributed by atoms with Crippen LogP contribution < -0.4 is 15.3 Å². The summed E-state index contributed by atoms with van der Waals surface area (Å²) < 4.78 is 0. The van der Waals surface area contributed by atoms with Crippen molar-refractivity contribution in [2.75, 3.05) is 4.90 Å². The third-order valence-electron chi connectivity index (χ3n) is 4.42. The van der Waals surface area contributed by atoms with Crippen LogP contribution in [0.25, 0.3) is 6.08 Å². The minimum absolute atomic E-state index is 0.0238. The number of rotatable bonds is 3. The number of carboxylic acids is 1. The molecule has 7 nitrogen and oxygen atoms in total. The Bertz CT molecular complexity index is 1030. The average Bonchev–Trinajstić information content (AvgIpc) is 2.61. The number of anilines is 1. The summed E-state index contributed by atoms with van der Waals surface area (Å²) in [7, 11) is 0. The van der Waals surface area contributed by atoms with E-state index in [1.807, 2.05) is 19.1 Å². The fourth-order valence-electron chi connectivity index (χ4n) is 3.27. The molecule has 28 heavy (non-hydrogen) atoms. The lowest BCUT2D eigenvalue weighted by Crippen LogP contribution is -2.54. The Kier molecular flexibility index (Phi) is 4.83. The maximum Gasteiger partial charge on any atom is 0.335 e. The van der Waals surface area contributed by atoms with Crippen molar-refractivity contribution in [3.05, 3.63) is 69.8 Å². The molecule has 0 aromatic heterocycles. The van der Waals surface area contributed by atoms with Crippen LogP contribution in [0.5, 0.6) is 0 Å². The highest BCUT2D eigenvalue weighted by Gasteiger charge is 2.38. The van der Waals surface area contributed by atoms with E-state index in [-0.39, 0.29) is 11.1 Å². The minimum atomic E-state index is -1.33. The van der Waals surface area contributed by atoms with E-state index in [1.54, 1.807) is 13.8 Å². The molecule has 1 saturated heterocycles. The van der Waals surface area contributed by atoms with Crippen LogP contribution in [0.1, 0.15) is 32.6 Å². The maximum atomic E-state index is 13.0. The number of urea groups is 1. The first-order valence-electron chi connectivity index (χ1n) is 8.49. The van der Waals surface area contributed by atoms with Crippen LogP contribution in [0.3, 0.4) is 0 Å². The number of carbonyl (C=O) groups is 4. The van der Waals surface area contributed by atoms with Gasteiger partial charge < -0.3 is 9.90 Å². The molecule has 142 valence electrons. The summed E-state index contributed by atoms with van der Waals surface area (Å²) in [5.41, 5.74) is 3.07. The molecule has 7 heteroatoms. The van der Waals surface area contributed by atoms with Gasteiger partial charge in [0.1, 0.15) is 5.57 Å². The summed E-state index contributed by atoms with van der Waals surface area (Å²) in [5.74, 6) is -2.88. The number of aromatic carboxylic acids is 1. The largest absolute Gasteiger partial charge is 0.545 e.